The number of anilines is 1. The minimum Gasteiger partial charge on any atom is -0.375 e. The van der Waals surface area contributed by atoms with E-state index in [-0.39, 0.29) is 5.91 Å². The van der Waals surface area contributed by atoms with E-state index >= 15 is 0 Å². The van der Waals surface area contributed by atoms with Crippen molar-refractivity contribution in [3.05, 3.63) is 22.4 Å². The smallest absolute Gasteiger partial charge is 0.220 e. The van der Waals surface area contributed by atoms with E-state index in [1.807, 2.05) is 17.5 Å². The van der Waals surface area contributed by atoms with E-state index in [1.165, 1.54) is 24.2 Å². The number of likely N-dealkylation sites (tertiary alicyclic amines) is 1. The summed E-state index contributed by atoms with van der Waals surface area (Å²) in [4.78, 5) is 21.4. The molecular weight excluding hydrogens is 364 g/mol. The summed E-state index contributed by atoms with van der Waals surface area (Å²) in [6.07, 6.45) is 3.68. The molecule has 1 atom stereocenters. The van der Waals surface area contributed by atoms with E-state index in [9.17, 15) is 4.79 Å². The van der Waals surface area contributed by atoms with Gasteiger partial charge in [0.15, 0.2) is 5.13 Å². The maximum atomic E-state index is 12.3. The predicted molar refractivity (Wildman–Crippen MR) is 111 cm³/mol. The first-order chi connectivity index (χ1) is 12.5. The van der Waals surface area contributed by atoms with Gasteiger partial charge in [0.1, 0.15) is 0 Å². The molecule has 1 aliphatic rings. The van der Waals surface area contributed by atoms with E-state index in [2.05, 4.69) is 29.0 Å². The Balaban J connectivity index is 1.46. The Morgan fingerprint density at radius 1 is 1.46 bits per heavy atom. The van der Waals surface area contributed by atoms with Gasteiger partial charge in [-0.2, -0.15) is 0 Å². The Morgan fingerprint density at radius 3 is 2.92 bits per heavy atom. The van der Waals surface area contributed by atoms with Crippen LogP contribution in [0.3, 0.4) is 0 Å². The maximum absolute atomic E-state index is 12.3. The molecule has 7 heteroatoms. The lowest BCUT2D eigenvalue weighted by Crippen LogP contribution is -2.45. The number of nitrogen functional groups attached to an aromatic ring is 1. The summed E-state index contributed by atoms with van der Waals surface area (Å²) in [5.41, 5.74) is 6.82. The van der Waals surface area contributed by atoms with Crippen molar-refractivity contribution in [3.63, 3.8) is 0 Å². The fourth-order valence-electron chi connectivity index (χ4n) is 3.32. The zero-order valence-corrected chi connectivity index (χ0v) is 17.2. The van der Waals surface area contributed by atoms with Crippen molar-refractivity contribution < 1.29 is 4.79 Å². The summed E-state index contributed by atoms with van der Waals surface area (Å²) >= 11 is 3.14. The van der Waals surface area contributed by atoms with Crippen molar-refractivity contribution >= 4 is 33.7 Å². The fraction of sp³-hybridized carbons (Fsp3) is 0.579. The number of rotatable bonds is 7. The molecule has 142 valence electrons. The van der Waals surface area contributed by atoms with Gasteiger partial charge in [-0.1, -0.05) is 13.0 Å². The Kier molecular flexibility index (Phi) is 6.67. The minimum atomic E-state index is 0.103. The largest absolute Gasteiger partial charge is 0.375 e. The highest BCUT2D eigenvalue weighted by molar-refractivity contribution is 7.17. The molecule has 0 aromatic carbocycles. The molecule has 2 aromatic heterocycles. The highest BCUT2D eigenvalue weighted by Crippen LogP contribution is 2.33. The van der Waals surface area contributed by atoms with Gasteiger partial charge in [0.2, 0.25) is 5.91 Å². The monoisotopic (exact) mass is 392 g/mol. The Labute approximate surface area is 163 Å². The van der Waals surface area contributed by atoms with E-state index < -0.39 is 0 Å². The highest BCUT2D eigenvalue weighted by atomic mass is 32.1. The second kappa shape index (κ2) is 8.97. The average molecular weight is 393 g/mol. The van der Waals surface area contributed by atoms with Crippen molar-refractivity contribution in [2.45, 2.75) is 45.6 Å². The molecule has 5 nitrogen and oxygen atoms in total. The van der Waals surface area contributed by atoms with Crippen LogP contribution < -0.4 is 11.1 Å². The van der Waals surface area contributed by atoms with Gasteiger partial charge < -0.3 is 11.1 Å². The fourth-order valence-corrected chi connectivity index (χ4v) is 4.97. The van der Waals surface area contributed by atoms with Crippen LogP contribution in [0.1, 0.15) is 38.0 Å². The number of thiophene rings is 1. The van der Waals surface area contributed by atoms with Crippen LogP contribution in [0.15, 0.2) is 17.5 Å². The molecular formula is C19H28N4OS2. The van der Waals surface area contributed by atoms with Gasteiger partial charge in [-0.3, -0.25) is 9.69 Å². The summed E-state index contributed by atoms with van der Waals surface area (Å²) < 4.78 is 0. The number of hydrogen-bond donors (Lipinski definition) is 2. The molecule has 3 rings (SSSR count). The number of thiazole rings is 1. The summed E-state index contributed by atoms with van der Waals surface area (Å²) in [6, 6.07) is 4.45. The van der Waals surface area contributed by atoms with E-state index in [4.69, 9.17) is 5.73 Å². The maximum Gasteiger partial charge on any atom is 0.220 e. The third-order valence-electron chi connectivity index (χ3n) is 5.08. The number of carbonyl (C=O) groups excluding carboxylic acids is 1. The normalized spacial score (nSPS) is 17.3. The Morgan fingerprint density at radius 2 is 2.23 bits per heavy atom. The van der Waals surface area contributed by atoms with Crippen LogP contribution in [0.25, 0.3) is 10.6 Å². The number of carbonyl (C=O) groups is 1. The van der Waals surface area contributed by atoms with Crippen molar-refractivity contribution in [1.82, 2.24) is 15.2 Å². The number of aromatic nitrogens is 1. The first kappa shape index (κ1) is 19.3. The van der Waals surface area contributed by atoms with Crippen LogP contribution in [-0.2, 0) is 11.2 Å². The molecule has 2 aromatic rings. The second-order valence-corrected chi connectivity index (χ2v) is 9.24. The average Bonchev–Trinajstić information content (AvgIpc) is 3.27. The molecule has 0 radical (unpaired) electrons. The molecule has 26 heavy (non-hydrogen) atoms. The van der Waals surface area contributed by atoms with E-state index in [0.717, 1.165) is 41.0 Å². The van der Waals surface area contributed by atoms with Gasteiger partial charge in [0, 0.05) is 23.9 Å². The van der Waals surface area contributed by atoms with Crippen LogP contribution in [0, 0.1) is 5.92 Å². The quantitative estimate of drug-likeness (QED) is 0.755. The number of hydrogen-bond acceptors (Lipinski definition) is 6. The number of nitrogens with zero attached hydrogens (tertiary/aromatic N) is 2. The third-order valence-corrected chi connectivity index (χ3v) is 6.90. The third kappa shape index (κ3) is 5.05. The zero-order valence-electron chi connectivity index (χ0n) is 15.5. The van der Waals surface area contributed by atoms with Gasteiger partial charge in [0.05, 0.1) is 10.6 Å². The van der Waals surface area contributed by atoms with Crippen LogP contribution in [0.5, 0.6) is 0 Å². The number of piperidine rings is 1. The van der Waals surface area contributed by atoms with Crippen LogP contribution in [-0.4, -0.2) is 41.5 Å². The van der Waals surface area contributed by atoms with Gasteiger partial charge in [-0.15, -0.1) is 22.7 Å². The number of amides is 1. The first-order valence-corrected chi connectivity index (χ1v) is 11.0. The SMILES string of the molecule is CC1CCN(C(C)CNC(=O)CCc2sc(N)nc2-c2cccs2)CC1. The molecule has 0 spiro atoms. The molecule has 1 fully saturated rings. The molecule has 0 bridgehead atoms. The summed E-state index contributed by atoms with van der Waals surface area (Å²) in [6.45, 7) is 7.52. The van der Waals surface area contributed by atoms with E-state index in [0.29, 0.717) is 24.0 Å². The summed E-state index contributed by atoms with van der Waals surface area (Å²) in [5.74, 6) is 0.934. The van der Waals surface area contributed by atoms with Crippen molar-refractivity contribution in [2.75, 3.05) is 25.4 Å². The van der Waals surface area contributed by atoms with Gasteiger partial charge in [-0.05, 0) is 56.6 Å². The van der Waals surface area contributed by atoms with Crippen LogP contribution in [0.2, 0.25) is 0 Å². The van der Waals surface area contributed by atoms with Crippen molar-refractivity contribution in [1.29, 1.82) is 0 Å². The Hall–Kier alpha value is -1.44. The lowest BCUT2D eigenvalue weighted by atomic mass is 9.98. The first-order valence-electron chi connectivity index (χ1n) is 9.32. The van der Waals surface area contributed by atoms with Crippen LogP contribution >= 0.6 is 22.7 Å². The van der Waals surface area contributed by atoms with Gasteiger partial charge in [0.25, 0.3) is 0 Å². The number of nitrogens with two attached hydrogens (primary N) is 1. The lowest BCUT2D eigenvalue weighted by molar-refractivity contribution is -0.121. The van der Waals surface area contributed by atoms with Gasteiger partial charge >= 0.3 is 0 Å². The van der Waals surface area contributed by atoms with Crippen LogP contribution in [0.4, 0.5) is 5.13 Å². The van der Waals surface area contributed by atoms with Crippen molar-refractivity contribution in [2.24, 2.45) is 5.92 Å². The topological polar surface area (TPSA) is 71.2 Å². The number of nitrogens with one attached hydrogen (secondary N) is 1. The molecule has 3 heterocycles. The molecule has 1 amide bonds. The molecule has 0 saturated carbocycles. The van der Waals surface area contributed by atoms with Gasteiger partial charge in [-0.25, -0.2) is 4.98 Å². The Bertz CT molecular complexity index is 705. The van der Waals surface area contributed by atoms with Crippen molar-refractivity contribution in [3.8, 4) is 10.6 Å². The molecule has 1 aliphatic heterocycles. The second-order valence-electron chi connectivity index (χ2n) is 7.17. The molecule has 1 unspecified atom stereocenters. The zero-order chi connectivity index (χ0) is 18.5. The number of aryl methyl sites for hydroxylation is 1. The predicted octanol–water partition coefficient (Wildman–Crippen LogP) is 3.62. The minimum absolute atomic E-state index is 0.103. The molecule has 3 N–H and O–H groups in total. The van der Waals surface area contributed by atoms with E-state index in [1.54, 1.807) is 11.3 Å². The molecule has 0 aliphatic carbocycles. The highest BCUT2D eigenvalue weighted by Gasteiger charge is 2.20. The summed E-state index contributed by atoms with van der Waals surface area (Å²) in [5, 5.41) is 5.70. The standard InChI is InChI=1S/C19H28N4OS2/c1-13-7-9-23(10-8-13)14(2)12-21-17(24)6-5-16-18(22-19(20)26-16)15-4-3-11-25-15/h3-4,11,13-14H,5-10,12H2,1-2H3,(H2,20,22)(H,21,24). The lowest BCUT2D eigenvalue weighted by Gasteiger charge is -2.35. The summed E-state index contributed by atoms with van der Waals surface area (Å²) in [7, 11) is 0. The molecule has 1 saturated heterocycles.